The highest BCUT2D eigenvalue weighted by molar-refractivity contribution is 5.84. The van der Waals surface area contributed by atoms with Gasteiger partial charge < -0.3 is 4.90 Å². The second kappa shape index (κ2) is 5.64. The van der Waals surface area contributed by atoms with Crippen LogP contribution in [0.4, 0.5) is 0 Å². The summed E-state index contributed by atoms with van der Waals surface area (Å²) in [7, 11) is 0. The third-order valence-electron chi connectivity index (χ3n) is 4.23. The van der Waals surface area contributed by atoms with E-state index >= 15 is 0 Å². The van der Waals surface area contributed by atoms with Gasteiger partial charge in [0, 0.05) is 24.5 Å². The molecule has 0 radical (unpaired) electrons. The molecule has 1 fully saturated rings. The first-order chi connectivity index (χ1) is 10.2. The van der Waals surface area contributed by atoms with Gasteiger partial charge in [-0.1, -0.05) is 37.3 Å². The lowest BCUT2D eigenvalue weighted by Gasteiger charge is -2.48. The number of hydrogen-bond acceptors (Lipinski definition) is 3. The van der Waals surface area contributed by atoms with E-state index in [9.17, 15) is 4.79 Å². The number of rotatable bonds is 3. The van der Waals surface area contributed by atoms with Gasteiger partial charge in [0.05, 0.1) is 12.0 Å². The summed E-state index contributed by atoms with van der Waals surface area (Å²) in [5.41, 5.74) is 2.08. The summed E-state index contributed by atoms with van der Waals surface area (Å²) in [6, 6.07) is 10.4. The first kappa shape index (κ1) is 13.7. The van der Waals surface area contributed by atoms with Crippen molar-refractivity contribution in [1.29, 1.82) is 0 Å². The van der Waals surface area contributed by atoms with Crippen molar-refractivity contribution in [2.45, 2.75) is 25.8 Å². The zero-order valence-electron chi connectivity index (χ0n) is 12.3. The number of amides is 1. The van der Waals surface area contributed by atoms with Gasteiger partial charge in [0.1, 0.15) is 6.33 Å². The summed E-state index contributed by atoms with van der Waals surface area (Å²) in [4.78, 5) is 22.7. The molecule has 4 heteroatoms. The first-order valence-electron chi connectivity index (χ1n) is 7.29. The fourth-order valence-electron chi connectivity index (χ4n) is 3.00. The van der Waals surface area contributed by atoms with Crippen LogP contribution in [0.25, 0.3) is 0 Å². The highest BCUT2D eigenvalue weighted by Crippen LogP contribution is 2.40. The molecule has 2 heterocycles. The molecule has 3 atom stereocenters. The molecular formula is C17H19N3O. The zero-order chi connectivity index (χ0) is 14.8. The molecule has 0 N–H and O–H groups in total. The van der Waals surface area contributed by atoms with Crippen LogP contribution < -0.4 is 0 Å². The number of nitrogens with zero attached hydrogens (tertiary/aromatic N) is 3. The van der Waals surface area contributed by atoms with Crippen LogP contribution in [-0.4, -0.2) is 27.3 Å². The van der Waals surface area contributed by atoms with Gasteiger partial charge in [-0.15, -0.1) is 0 Å². The molecule has 1 aliphatic heterocycles. The van der Waals surface area contributed by atoms with Crippen molar-refractivity contribution in [1.82, 2.24) is 14.9 Å². The van der Waals surface area contributed by atoms with E-state index < -0.39 is 0 Å². The molecule has 0 spiro atoms. The van der Waals surface area contributed by atoms with Crippen molar-refractivity contribution in [3.05, 3.63) is 60.2 Å². The van der Waals surface area contributed by atoms with Crippen LogP contribution in [0.15, 0.2) is 49.1 Å². The zero-order valence-corrected chi connectivity index (χ0v) is 12.3. The van der Waals surface area contributed by atoms with Gasteiger partial charge in [-0.25, -0.2) is 9.97 Å². The van der Waals surface area contributed by atoms with Crippen LogP contribution in [0.2, 0.25) is 0 Å². The molecule has 0 bridgehead atoms. The maximum absolute atomic E-state index is 12.7. The van der Waals surface area contributed by atoms with Crippen molar-refractivity contribution in [3.63, 3.8) is 0 Å². The summed E-state index contributed by atoms with van der Waals surface area (Å²) in [5, 5.41) is 0. The Morgan fingerprint density at radius 1 is 1.24 bits per heavy atom. The summed E-state index contributed by atoms with van der Waals surface area (Å²) < 4.78 is 0. The van der Waals surface area contributed by atoms with Crippen molar-refractivity contribution >= 4 is 5.91 Å². The van der Waals surface area contributed by atoms with Crippen molar-refractivity contribution in [3.8, 4) is 0 Å². The number of aromatic nitrogens is 2. The number of hydrogen-bond donors (Lipinski definition) is 0. The lowest BCUT2D eigenvalue weighted by molar-refractivity contribution is -0.144. The molecule has 1 saturated heterocycles. The Labute approximate surface area is 124 Å². The molecule has 2 aromatic rings. The molecule has 1 aromatic carbocycles. The molecule has 21 heavy (non-hydrogen) atoms. The van der Waals surface area contributed by atoms with Crippen LogP contribution >= 0.6 is 0 Å². The van der Waals surface area contributed by atoms with Gasteiger partial charge in [-0.05, 0) is 18.4 Å². The molecule has 4 nitrogen and oxygen atoms in total. The van der Waals surface area contributed by atoms with E-state index in [4.69, 9.17) is 0 Å². The van der Waals surface area contributed by atoms with Crippen molar-refractivity contribution in [2.24, 2.45) is 5.92 Å². The van der Waals surface area contributed by atoms with Gasteiger partial charge in [-0.2, -0.15) is 0 Å². The van der Waals surface area contributed by atoms with Gasteiger partial charge >= 0.3 is 0 Å². The number of carbonyl (C=O) groups excluding carboxylic acids is 1. The second-order valence-electron chi connectivity index (χ2n) is 5.72. The maximum atomic E-state index is 12.7. The average Bonchev–Trinajstić information content (AvgIpc) is 2.53. The normalized spacial score (nSPS) is 22.5. The monoisotopic (exact) mass is 281 g/mol. The largest absolute Gasteiger partial charge is 0.334 e. The van der Waals surface area contributed by atoms with Crippen LogP contribution in [-0.2, 0) is 4.79 Å². The maximum Gasteiger partial charge on any atom is 0.230 e. The fourth-order valence-corrected chi connectivity index (χ4v) is 3.00. The minimum absolute atomic E-state index is 0.150. The predicted octanol–water partition coefficient (Wildman–Crippen LogP) is 2.80. The fraction of sp³-hybridized carbons (Fsp3) is 0.353. The highest BCUT2D eigenvalue weighted by atomic mass is 16.2. The number of likely N-dealkylation sites (tertiary alicyclic amines) is 1. The smallest absolute Gasteiger partial charge is 0.230 e. The number of carbonyl (C=O) groups is 1. The van der Waals surface area contributed by atoms with E-state index in [1.165, 1.54) is 11.9 Å². The third-order valence-corrected chi connectivity index (χ3v) is 4.23. The lowest BCUT2D eigenvalue weighted by Crippen LogP contribution is -2.52. The van der Waals surface area contributed by atoms with E-state index in [0.29, 0.717) is 5.92 Å². The predicted molar refractivity (Wildman–Crippen MR) is 80.5 cm³/mol. The van der Waals surface area contributed by atoms with Crippen LogP contribution in [0.1, 0.15) is 36.9 Å². The van der Waals surface area contributed by atoms with E-state index in [-0.39, 0.29) is 17.9 Å². The van der Waals surface area contributed by atoms with E-state index in [0.717, 1.165) is 12.1 Å². The molecule has 108 valence electrons. The summed E-state index contributed by atoms with van der Waals surface area (Å²) >= 11 is 0. The summed E-state index contributed by atoms with van der Waals surface area (Å²) in [6.07, 6.45) is 4.92. The average molecular weight is 281 g/mol. The SMILES string of the molecule is C[C@H](C(=O)N1C[C@H](C)[C@@H]1c1ccccc1)c1cncnc1. The Morgan fingerprint density at radius 3 is 2.52 bits per heavy atom. The summed E-state index contributed by atoms with van der Waals surface area (Å²) in [6.45, 7) is 4.93. The molecule has 0 saturated carbocycles. The minimum atomic E-state index is -0.204. The Morgan fingerprint density at radius 2 is 1.90 bits per heavy atom. The van der Waals surface area contributed by atoms with Gasteiger partial charge in [0.15, 0.2) is 0 Å². The molecule has 1 aromatic heterocycles. The molecule has 0 aliphatic carbocycles. The molecule has 0 unspecified atom stereocenters. The van der Waals surface area contributed by atoms with Crippen molar-refractivity contribution in [2.75, 3.05) is 6.54 Å². The van der Waals surface area contributed by atoms with Crippen molar-refractivity contribution < 1.29 is 4.79 Å². The molecule has 1 amide bonds. The first-order valence-corrected chi connectivity index (χ1v) is 7.29. The minimum Gasteiger partial charge on any atom is -0.334 e. The molecular weight excluding hydrogens is 262 g/mol. The Bertz CT molecular complexity index is 614. The van der Waals surface area contributed by atoms with Crippen LogP contribution in [0.3, 0.4) is 0 Å². The van der Waals surface area contributed by atoms with Gasteiger partial charge in [0.2, 0.25) is 5.91 Å². The van der Waals surface area contributed by atoms with E-state index in [1.807, 2.05) is 30.0 Å². The van der Waals surface area contributed by atoms with Crippen LogP contribution in [0.5, 0.6) is 0 Å². The highest BCUT2D eigenvalue weighted by Gasteiger charge is 2.41. The third kappa shape index (κ3) is 2.53. The Balaban J connectivity index is 1.79. The van der Waals surface area contributed by atoms with Gasteiger partial charge in [-0.3, -0.25) is 4.79 Å². The lowest BCUT2D eigenvalue weighted by atomic mass is 9.83. The van der Waals surface area contributed by atoms with Crippen LogP contribution in [0, 0.1) is 5.92 Å². The topological polar surface area (TPSA) is 46.1 Å². The molecule has 3 rings (SSSR count). The summed E-state index contributed by atoms with van der Waals surface area (Å²) in [5.74, 6) is 0.442. The second-order valence-corrected chi connectivity index (χ2v) is 5.72. The Kier molecular flexibility index (Phi) is 3.69. The standard InChI is InChI=1S/C17H19N3O/c1-12-10-20(16(12)14-6-4-3-5-7-14)17(21)13(2)15-8-18-11-19-9-15/h3-9,11-13,16H,10H2,1-2H3/t12-,13-,16+/m0/s1. The quantitative estimate of drug-likeness (QED) is 0.869. The Hall–Kier alpha value is -2.23. The van der Waals surface area contributed by atoms with E-state index in [2.05, 4.69) is 29.0 Å². The number of benzene rings is 1. The van der Waals surface area contributed by atoms with E-state index in [1.54, 1.807) is 12.4 Å². The van der Waals surface area contributed by atoms with Gasteiger partial charge in [0.25, 0.3) is 0 Å². The molecule has 1 aliphatic rings.